The fraction of sp³-hybridized carbons (Fsp3) is 0.333. The molecule has 0 bridgehead atoms. The van der Waals surface area contributed by atoms with Crippen LogP contribution in [0.2, 0.25) is 0 Å². The lowest BCUT2D eigenvalue weighted by atomic mass is 9.70. The molecule has 4 nitrogen and oxygen atoms in total. The second-order valence-electron chi connectivity index (χ2n) is 8.68. The summed E-state index contributed by atoms with van der Waals surface area (Å²) in [5.74, 6) is 0.939. The van der Waals surface area contributed by atoms with E-state index in [0.29, 0.717) is 11.8 Å². The van der Waals surface area contributed by atoms with E-state index in [4.69, 9.17) is 0 Å². The lowest BCUT2D eigenvalue weighted by Crippen LogP contribution is -2.46. The molecule has 0 spiro atoms. The maximum absolute atomic E-state index is 13.6. The van der Waals surface area contributed by atoms with Gasteiger partial charge in [0, 0.05) is 36.2 Å². The van der Waals surface area contributed by atoms with Crippen LogP contribution in [0.1, 0.15) is 47.4 Å². The molecule has 5 unspecified atom stereocenters. The Kier molecular flexibility index (Phi) is 3.52. The maximum Gasteiger partial charge on any atom is 0.270 e. The zero-order chi connectivity index (χ0) is 19.7. The summed E-state index contributed by atoms with van der Waals surface area (Å²) >= 11 is 0. The Morgan fingerprint density at radius 1 is 1.00 bits per heavy atom. The molecular formula is C24H21FN2O2. The minimum absolute atomic E-state index is 0.157. The van der Waals surface area contributed by atoms with E-state index in [1.54, 1.807) is 24.3 Å². The van der Waals surface area contributed by atoms with Gasteiger partial charge in [-0.25, -0.2) is 4.39 Å². The molecular weight excluding hydrogens is 367 g/mol. The van der Waals surface area contributed by atoms with Crippen LogP contribution in [0.5, 0.6) is 0 Å². The highest BCUT2D eigenvalue weighted by atomic mass is 19.1. The van der Waals surface area contributed by atoms with Crippen molar-refractivity contribution in [2.24, 2.45) is 11.8 Å². The van der Waals surface area contributed by atoms with Crippen molar-refractivity contribution in [3.05, 3.63) is 93.3 Å². The van der Waals surface area contributed by atoms with Gasteiger partial charge in [-0.1, -0.05) is 36.4 Å². The topological polar surface area (TPSA) is 46.4 Å². The molecule has 0 radical (unpaired) electrons. The molecule has 0 N–H and O–H groups in total. The number of non-ortho nitro benzene ring substituents is 1. The smallest absolute Gasteiger partial charge is 0.270 e. The molecule has 2 aromatic rings. The number of hydrogen-bond acceptors (Lipinski definition) is 3. The van der Waals surface area contributed by atoms with Gasteiger partial charge < -0.3 is 4.90 Å². The Morgan fingerprint density at radius 3 is 2.45 bits per heavy atom. The second kappa shape index (κ2) is 6.02. The molecule has 5 heteroatoms. The molecule has 0 saturated carbocycles. The van der Waals surface area contributed by atoms with E-state index >= 15 is 0 Å². The summed E-state index contributed by atoms with van der Waals surface area (Å²) in [4.78, 5) is 13.9. The molecule has 0 saturated heterocycles. The predicted molar refractivity (Wildman–Crippen MR) is 110 cm³/mol. The molecule has 5 atom stereocenters. The molecule has 29 heavy (non-hydrogen) atoms. The van der Waals surface area contributed by atoms with Gasteiger partial charge in [-0.15, -0.1) is 0 Å². The number of allylic oxidation sites excluding steroid dienone is 4. The fourth-order valence-corrected chi connectivity index (χ4v) is 6.10. The van der Waals surface area contributed by atoms with Gasteiger partial charge in [0.05, 0.1) is 11.0 Å². The van der Waals surface area contributed by atoms with Gasteiger partial charge in [-0.05, 0) is 53.5 Å². The van der Waals surface area contributed by atoms with Gasteiger partial charge in [0.1, 0.15) is 5.82 Å². The average Bonchev–Trinajstić information content (AvgIpc) is 3.38. The highest BCUT2D eigenvalue weighted by Gasteiger charge is 2.48. The third-order valence-electron chi connectivity index (χ3n) is 7.26. The number of fused-ring (bicyclic) bond motifs is 4. The van der Waals surface area contributed by atoms with Crippen LogP contribution in [-0.4, -0.2) is 11.5 Å². The van der Waals surface area contributed by atoms with Crippen LogP contribution in [0.4, 0.5) is 15.8 Å². The first-order chi connectivity index (χ1) is 14.1. The quantitative estimate of drug-likeness (QED) is 0.381. The monoisotopic (exact) mass is 388 g/mol. The molecule has 6 rings (SSSR count). The van der Waals surface area contributed by atoms with Crippen LogP contribution in [0.3, 0.4) is 0 Å². The number of anilines is 1. The van der Waals surface area contributed by atoms with Crippen LogP contribution in [-0.2, 0) is 0 Å². The Balaban J connectivity index is 1.59. The summed E-state index contributed by atoms with van der Waals surface area (Å²) in [5, 5.41) is 11.7. The highest BCUT2D eigenvalue weighted by Crippen LogP contribution is 2.59. The van der Waals surface area contributed by atoms with E-state index in [9.17, 15) is 14.5 Å². The molecule has 146 valence electrons. The summed E-state index contributed by atoms with van der Waals surface area (Å²) in [6, 6.07) is 10.6. The van der Waals surface area contributed by atoms with Crippen LogP contribution >= 0.6 is 0 Å². The van der Waals surface area contributed by atoms with Crippen molar-refractivity contribution in [2.75, 3.05) is 11.4 Å². The van der Waals surface area contributed by atoms with Gasteiger partial charge in [0.2, 0.25) is 0 Å². The van der Waals surface area contributed by atoms with E-state index in [1.165, 1.54) is 5.69 Å². The minimum atomic E-state index is -0.261. The van der Waals surface area contributed by atoms with Crippen molar-refractivity contribution in [2.45, 2.75) is 30.7 Å². The van der Waals surface area contributed by atoms with Crippen LogP contribution < -0.4 is 4.90 Å². The molecule has 0 aromatic heterocycles. The lowest BCUT2D eigenvalue weighted by Gasteiger charge is -2.51. The SMILES string of the molecule is O=[N+]([O-])c1cc2c3c(c1)C1C=CCC1C(c1ccc(F)cc1)N3CC1CC=CC21. The summed E-state index contributed by atoms with van der Waals surface area (Å²) in [6.45, 7) is 0.931. The number of nitro benzene ring substituents is 1. The third-order valence-corrected chi connectivity index (χ3v) is 7.26. The number of rotatable bonds is 2. The highest BCUT2D eigenvalue weighted by molar-refractivity contribution is 5.72. The number of halogens is 1. The lowest BCUT2D eigenvalue weighted by molar-refractivity contribution is -0.385. The number of nitro groups is 1. The zero-order valence-electron chi connectivity index (χ0n) is 15.9. The Hall–Kier alpha value is -2.95. The van der Waals surface area contributed by atoms with Gasteiger partial charge in [-0.2, -0.15) is 0 Å². The van der Waals surface area contributed by atoms with E-state index in [1.807, 2.05) is 12.1 Å². The molecule has 2 aliphatic heterocycles. The van der Waals surface area contributed by atoms with Crippen molar-refractivity contribution < 1.29 is 9.31 Å². The van der Waals surface area contributed by atoms with Gasteiger partial charge in [0.15, 0.2) is 0 Å². The molecule has 0 fully saturated rings. The first-order valence-electron chi connectivity index (χ1n) is 10.3. The summed E-state index contributed by atoms with van der Waals surface area (Å²) in [7, 11) is 0. The van der Waals surface area contributed by atoms with Crippen LogP contribution in [0.25, 0.3) is 0 Å². The Bertz CT molecular complexity index is 1060. The Labute approximate surface area is 168 Å². The second-order valence-corrected chi connectivity index (χ2v) is 8.68. The molecule has 4 aliphatic rings. The molecule has 0 amide bonds. The Morgan fingerprint density at radius 2 is 1.69 bits per heavy atom. The summed E-state index contributed by atoms with van der Waals surface area (Å²) < 4.78 is 13.6. The summed E-state index contributed by atoms with van der Waals surface area (Å²) in [5.41, 5.74) is 4.67. The van der Waals surface area contributed by atoms with E-state index in [-0.39, 0.29) is 34.3 Å². The van der Waals surface area contributed by atoms with Gasteiger partial charge in [0.25, 0.3) is 5.69 Å². The van der Waals surface area contributed by atoms with Crippen molar-refractivity contribution in [1.29, 1.82) is 0 Å². The average molecular weight is 388 g/mol. The third kappa shape index (κ3) is 2.36. The van der Waals surface area contributed by atoms with Crippen LogP contribution in [0, 0.1) is 27.8 Å². The minimum Gasteiger partial charge on any atom is -0.363 e. The standard InChI is InChI=1S/C24H21FN2O2/c25-16-9-7-14(8-10-16)23-20-6-2-5-19(20)22-12-17(27(28)29)11-21-18-4-1-3-15(18)13-26(23)24(21)22/h1-2,4-5,7-12,15,18-20,23H,3,6,13H2. The van der Waals surface area contributed by atoms with Crippen molar-refractivity contribution in [1.82, 2.24) is 0 Å². The van der Waals surface area contributed by atoms with E-state index < -0.39 is 0 Å². The number of benzene rings is 2. The fourth-order valence-electron chi connectivity index (χ4n) is 6.10. The zero-order valence-corrected chi connectivity index (χ0v) is 15.9. The van der Waals surface area contributed by atoms with Crippen molar-refractivity contribution in [3.63, 3.8) is 0 Å². The molecule has 2 aliphatic carbocycles. The normalized spacial score (nSPS) is 30.8. The van der Waals surface area contributed by atoms with E-state index in [2.05, 4.69) is 29.2 Å². The van der Waals surface area contributed by atoms with Gasteiger partial charge >= 0.3 is 0 Å². The maximum atomic E-state index is 13.6. The number of nitrogens with zero attached hydrogens (tertiary/aromatic N) is 2. The van der Waals surface area contributed by atoms with E-state index in [0.717, 1.165) is 36.1 Å². The van der Waals surface area contributed by atoms with Crippen LogP contribution in [0.15, 0.2) is 60.7 Å². The van der Waals surface area contributed by atoms with Crippen molar-refractivity contribution >= 4 is 11.4 Å². The largest absolute Gasteiger partial charge is 0.363 e. The first-order valence-corrected chi connectivity index (χ1v) is 10.3. The van der Waals surface area contributed by atoms with Crippen molar-refractivity contribution in [3.8, 4) is 0 Å². The van der Waals surface area contributed by atoms with Gasteiger partial charge in [-0.3, -0.25) is 10.1 Å². The molecule has 2 heterocycles. The first kappa shape index (κ1) is 17.0. The molecule has 2 aromatic carbocycles. The summed E-state index contributed by atoms with van der Waals surface area (Å²) in [6.07, 6.45) is 10.8. The predicted octanol–water partition coefficient (Wildman–Crippen LogP) is 5.63. The number of hydrogen-bond donors (Lipinski definition) is 0.